The summed E-state index contributed by atoms with van der Waals surface area (Å²) in [5.41, 5.74) is 1.92. The van der Waals surface area contributed by atoms with E-state index in [2.05, 4.69) is 10.3 Å². The molecule has 0 aliphatic rings. The van der Waals surface area contributed by atoms with Gasteiger partial charge in [0.1, 0.15) is 23.1 Å². The number of carbonyl (C=O) groups excluding carboxylic acids is 1. The lowest BCUT2D eigenvalue weighted by Gasteiger charge is -2.15. The Bertz CT molecular complexity index is 1470. The molecule has 2 aromatic heterocycles. The van der Waals surface area contributed by atoms with E-state index in [4.69, 9.17) is 4.42 Å². The van der Waals surface area contributed by atoms with Gasteiger partial charge in [-0.1, -0.05) is 0 Å². The molecule has 0 saturated heterocycles. The van der Waals surface area contributed by atoms with Crippen LogP contribution in [0.4, 0.5) is 0 Å². The third-order valence-corrected chi connectivity index (χ3v) is 5.82. The molecule has 170 valence electrons. The van der Waals surface area contributed by atoms with Gasteiger partial charge in [0.15, 0.2) is 0 Å². The van der Waals surface area contributed by atoms with Crippen LogP contribution in [-0.4, -0.2) is 38.2 Å². The van der Waals surface area contributed by atoms with Crippen LogP contribution < -0.4 is 10.9 Å². The van der Waals surface area contributed by atoms with Gasteiger partial charge >= 0.3 is 11.6 Å². The van der Waals surface area contributed by atoms with Gasteiger partial charge in [0.2, 0.25) is 5.91 Å². The second-order valence-electron chi connectivity index (χ2n) is 7.96. The van der Waals surface area contributed by atoms with Crippen molar-refractivity contribution in [1.29, 1.82) is 0 Å². The van der Waals surface area contributed by atoms with Gasteiger partial charge in [-0.25, -0.2) is 9.59 Å². The Kier molecular flexibility index (Phi) is 5.55. The SMILES string of the molecule is Cc1c(CC(=O)NC(Cc2c[nH]c3ccc(O)cc23)C(=O)O)c(=O)oc2c(C)c(O)ccc12. The normalized spacial score (nSPS) is 12.2. The molecule has 4 rings (SSSR count). The molecule has 0 fully saturated rings. The zero-order valence-electron chi connectivity index (χ0n) is 17.9. The van der Waals surface area contributed by atoms with Crippen LogP contribution in [0.2, 0.25) is 0 Å². The lowest BCUT2D eigenvalue weighted by atomic mass is 10.0. The van der Waals surface area contributed by atoms with Crippen molar-refractivity contribution >= 4 is 33.7 Å². The molecule has 4 aromatic rings. The lowest BCUT2D eigenvalue weighted by Crippen LogP contribution is -2.43. The number of aliphatic carboxylic acids is 1. The summed E-state index contributed by atoms with van der Waals surface area (Å²) in [4.78, 5) is 40.0. The van der Waals surface area contributed by atoms with Crippen molar-refractivity contribution in [2.75, 3.05) is 0 Å². The number of aromatic hydroxyl groups is 2. The predicted octanol–water partition coefficient (Wildman–Crippen LogP) is 2.66. The van der Waals surface area contributed by atoms with Crippen LogP contribution in [0.1, 0.15) is 22.3 Å². The van der Waals surface area contributed by atoms with Gasteiger partial charge in [-0.05, 0) is 55.3 Å². The maximum absolute atomic E-state index is 12.7. The standard InChI is InChI=1S/C24H22N2O7/c1-11-15-4-6-20(28)12(2)22(15)33-24(32)16(11)9-21(29)26-19(23(30)31)7-13-10-25-18-5-3-14(27)8-17(13)18/h3-6,8,10,19,25,27-28H,7,9H2,1-2H3,(H,26,29)(H,30,31). The minimum atomic E-state index is -1.24. The Morgan fingerprint density at radius 2 is 1.85 bits per heavy atom. The fraction of sp³-hybridized carbons (Fsp3) is 0.208. The molecule has 0 aliphatic carbocycles. The molecule has 33 heavy (non-hydrogen) atoms. The molecule has 0 spiro atoms. The monoisotopic (exact) mass is 450 g/mol. The molecule has 0 saturated carbocycles. The Morgan fingerprint density at radius 1 is 1.09 bits per heavy atom. The first-order chi connectivity index (χ1) is 15.7. The van der Waals surface area contributed by atoms with Crippen LogP contribution >= 0.6 is 0 Å². The number of phenolic OH excluding ortho intramolecular Hbond substituents is 2. The number of carboxylic acid groups (broad SMARTS) is 1. The number of phenols is 2. The number of aromatic nitrogens is 1. The molecule has 0 radical (unpaired) electrons. The first-order valence-electron chi connectivity index (χ1n) is 10.2. The summed E-state index contributed by atoms with van der Waals surface area (Å²) in [6.45, 7) is 3.29. The number of nitrogens with one attached hydrogen (secondary N) is 2. The number of hydrogen-bond donors (Lipinski definition) is 5. The summed E-state index contributed by atoms with van der Waals surface area (Å²) in [6, 6.07) is 6.54. The highest BCUT2D eigenvalue weighted by molar-refractivity contribution is 5.90. The van der Waals surface area contributed by atoms with Crippen molar-refractivity contribution in [3.8, 4) is 11.5 Å². The average Bonchev–Trinajstić information content (AvgIpc) is 3.15. The van der Waals surface area contributed by atoms with E-state index in [9.17, 15) is 29.7 Å². The largest absolute Gasteiger partial charge is 0.508 e. The van der Waals surface area contributed by atoms with Crippen molar-refractivity contribution in [2.45, 2.75) is 32.7 Å². The maximum atomic E-state index is 12.7. The van der Waals surface area contributed by atoms with Crippen LogP contribution in [0.5, 0.6) is 11.5 Å². The van der Waals surface area contributed by atoms with E-state index in [1.807, 2.05) is 0 Å². The minimum Gasteiger partial charge on any atom is -0.508 e. The van der Waals surface area contributed by atoms with E-state index in [-0.39, 0.29) is 35.5 Å². The quantitative estimate of drug-likeness (QED) is 0.283. The van der Waals surface area contributed by atoms with Gasteiger partial charge in [-0.2, -0.15) is 0 Å². The summed E-state index contributed by atoms with van der Waals surface area (Å²) >= 11 is 0. The highest BCUT2D eigenvalue weighted by Gasteiger charge is 2.24. The summed E-state index contributed by atoms with van der Waals surface area (Å²) < 4.78 is 5.34. The van der Waals surface area contributed by atoms with Crippen LogP contribution in [-0.2, 0) is 22.4 Å². The highest BCUT2D eigenvalue weighted by Crippen LogP contribution is 2.28. The second kappa shape index (κ2) is 8.34. The number of hydrogen-bond acceptors (Lipinski definition) is 6. The van der Waals surface area contributed by atoms with Gasteiger partial charge in [0.25, 0.3) is 0 Å². The van der Waals surface area contributed by atoms with E-state index < -0.39 is 23.5 Å². The third-order valence-electron chi connectivity index (χ3n) is 5.82. The number of carboxylic acids is 1. The van der Waals surface area contributed by atoms with E-state index >= 15 is 0 Å². The van der Waals surface area contributed by atoms with Crippen LogP contribution in [0.3, 0.4) is 0 Å². The predicted molar refractivity (Wildman–Crippen MR) is 121 cm³/mol. The number of aromatic amines is 1. The van der Waals surface area contributed by atoms with E-state index in [1.54, 1.807) is 32.2 Å². The molecule has 9 heteroatoms. The minimum absolute atomic E-state index is 0.00885. The number of rotatable bonds is 6. The summed E-state index contributed by atoms with van der Waals surface area (Å²) in [6.07, 6.45) is 1.25. The van der Waals surface area contributed by atoms with Gasteiger partial charge in [-0.15, -0.1) is 0 Å². The molecule has 5 N–H and O–H groups in total. The molecule has 1 amide bonds. The number of H-pyrrole nitrogens is 1. The third kappa shape index (κ3) is 4.12. The molecule has 1 atom stereocenters. The lowest BCUT2D eigenvalue weighted by molar-refractivity contribution is -0.141. The van der Waals surface area contributed by atoms with E-state index in [0.29, 0.717) is 27.5 Å². The van der Waals surface area contributed by atoms with Crippen LogP contribution in [0, 0.1) is 13.8 Å². The van der Waals surface area contributed by atoms with Crippen LogP contribution in [0.25, 0.3) is 21.9 Å². The van der Waals surface area contributed by atoms with Crippen LogP contribution in [0.15, 0.2) is 45.7 Å². The molecule has 2 aromatic carbocycles. The second-order valence-corrected chi connectivity index (χ2v) is 7.96. The topological polar surface area (TPSA) is 153 Å². The fourth-order valence-corrected chi connectivity index (χ4v) is 3.94. The van der Waals surface area contributed by atoms with Crippen molar-refractivity contribution < 1.29 is 29.3 Å². The Morgan fingerprint density at radius 3 is 2.58 bits per heavy atom. The van der Waals surface area contributed by atoms with Crippen molar-refractivity contribution in [2.24, 2.45) is 0 Å². The van der Waals surface area contributed by atoms with Gasteiger partial charge in [0.05, 0.1) is 12.0 Å². The molecule has 9 nitrogen and oxygen atoms in total. The fourth-order valence-electron chi connectivity index (χ4n) is 3.94. The van der Waals surface area contributed by atoms with Crippen molar-refractivity contribution in [3.63, 3.8) is 0 Å². The average molecular weight is 450 g/mol. The Balaban J connectivity index is 1.58. The molecular formula is C24H22N2O7. The number of amides is 1. The summed E-state index contributed by atoms with van der Waals surface area (Å²) in [5, 5.41) is 32.9. The maximum Gasteiger partial charge on any atom is 0.340 e. The first-order valence-corrected chi connectivity index (χ1v) is 10.2. The summed E-state index contributed by atoms with van der Waals surface area (Å²) in [5.74, 6) is -1.84. The zero-order valence-corrected chi connectivity index (χ0v) is 17.9. The van der Waals surface area contributed by atoms with E-state index in [0.717, 1.165) is 5.52 Å². The van der Waals surface area contributed by atoms with Crippen molar-refractivity contribution in [1.82, 2.24) is 10.3 Å². The Hall–Kier alpha value is -4.27. The number of fused-ring (bicyclic) bond motifs is 2. The molecule has 0 bridgehead atoms. The summed E-state index contributed by atoms with van der Waals surface area (Å²) in [7, 11) is 0. The number of carbonyl (C=O) groups is 2. The number of aryl methyl sites for hydroxylation is 2. The van der Waals surface area contributed by atoms with Gasteiger partial charge < -0.3 is 30.0 Å². The smallest absolute Gasteiger partial charge is 0.340 e. The zero-order chi connectivity index (χ0) is 23.9. The van der Waals surface area contributed by atoms with Gasteiger partial charge in [0, 0.05) is 34.5 Å². The molecule has 0 aliphatic heterocycles. The van der Waals surface area contributed by atoms with Crippen molar-refractivity contribution in [3.05, 3.63) is 69.2 Å². The van der Waals surface area contributed by atoms with E-state index in [1.165, 1.54) is 18.2 Å². The molecule has 2 heterocycles. The Labute approximate surface area is 187 Å². The highest BCUT2D eigenvalue weighted by atomic mass is 16.4. The molecular weight excluding hydrogens is 428 g/mol. The van der Waals surface area contributed by atoms with Gasteiger partial charge in [-0.3, -0.25) is 4.79 Å². The molecule has 1 unspecified atom stereocenters. The first kappa shape index (κ1) is 21.9. The number of benzene rings is 2.